The second-order valence-corrected chi connectivity index (χ2v) is 4.91. The second kappa shape index (κ2) is 6.35. The molecule has 0 heterocycles. The van der Waals surface area contributed by atoms with Crippen LogP contribution in [0.1, 0.15) is 16.8 Å². The molecule has 0 aliphatic heterocycles. The van der Waals surface area contributed by atoms with E-state index < -0.39 is 8.46 Å². The molecule has 4 heteroatoms. The van der Waals surface area contributed by atoms with Gasteiger partial charge in [-0.3, -0.25) is 0 Å². The molecule has 0 fully saturated rings. The van der Waals surface area contributed by atoms with E-state index in [9.17, 15) is 4.57 Å². The van der Waals surface area contributed by atoms with Gasteiger partial charge in [-0.1, -0.05) is 28.8 Å². The van der Waals surface area contributed by atoms with Crippen LogP contribution in [-0.4, -0.2) is 14.2 Å². The average Bonchev–Trinajstić information content (AvgIpc) is 2.49. The minimum absolute atomic E-state index is 0.114. The van der Waals surface area contributed by atoms with Crippen LogP contribution in [-0.2, 0) is 4.57 Å². The fourth-order valence-corrected chi connectivity index (χ4v) is 2.58. The Balaban J connectivity index is 2.29. The van der Waals surface area contributed by atoms with E-state index in [4.69, 9.17) is 9.47 Å². The summed E-state index contributed by atoms with van der Waals surface area (Å²) in [6.45, 7) is 0. The molecule has 0 N–H and O–H groups in total. The highest BCUT2D eigenvalue weighted by atomic mass is 31.1. The number of hydrogen-bond donors (Lipinski definition) is 0. The fourth-order valence-electron chi connectivity index (χ4n) is 1.92. The van der Waals surface area contributed by atoms with Crippen LogP contribution in [0.2, 0.25) is 0 Å². The molecule has 2 aromatic carbocycles. The third kappa shape index (κ3) is 3.12. The Kier molecular flexibility index (Phi) is 4.53. The quantitative estimate of drug-likeness (QED) is 0.778. The number of ether oxygens (including phenoxy) is 2. The van der Waals surface area contributed by atoms with Crippen LogP contribution in [0.3, 0.4) is 0 Å². The van der Waals surface area contributed by atoms with Crippen LogP contribution in [0.4, 0.5) is 0 Å². The number of rotatable bonds is 5. The number of methoxy groups -OCH3 is 2. The Bertz CT molecular complexity index is 487. The SMILES string of the molecule is COc1ccc(C([PH+]=O)c2ccc(OC)cc2)cc1. The van der Waals surface area contributed by atoms with Gasteiger partial charge in [0.25, 0.3) is 0 Å². The summed E-state index contributed by atoms with van der Waals surface area (Å²) in [4.78, 5) is 0. The summed E-state index contributed by atoms with van der Waals surface area (Å²) in [5, 5.41) is 0. The lowest BCUT2D eigenvalue weighted by Crippen LogP contribution is -1.94. The molecule has 2 aromatic rings. The van der Waals surface area contributed by atoms with Gasteiger partial charge in [0, 0.05) is 11.1 Å². The normalized spacial score (nSPS) is 10.7. The first kappa shape index (κ1) is 13.6. The summed E-state index contributed by atoms with van der Waals surface area (Å²) in [5.41, 5.74) is 1.91. The van der Waals surface area contributed by atoms with Crippen molar-refractivity contribution in [3.05, 3.63) is 59.7 Å². The minimum Gasteiger partial charge on any atom is -0.497 e. The van der Waals surface area contributed by atoms with E-state index >= 15 is 0 Å². The van der Waals surface area contributed by atoms with Crippen molar-refractivity contribution in [1.29, 1.82) is 0 Å². The molecule has 1 atom stereocenters. The van der Waals surface area contributed by atoms with Gasteiger partial charge in [-0.05, 0) is 24.3 Å². The molecule has 0 spiro atoms. The highest BCUT2D eigenvalue weighted by Crippen LogP contribution is 2.35. The summed E-state index contributed by atoms with van der Waals surface area (Å²) in [7, 11) is 2.83. The Hall–Kier alpha value is -1.86. The molecular weight excluding hydrogens is 259 g/mol. The molecule has 0 aliphatic rings. The molecule has 0 bridgehead atoms. The lowest BCUT2D eigenvalue weighted by molar-refractivity contribution is 0.414. The highest BCUT2D eigenvalue weighted by Gasteiger charge is 2.21. The van der Waals surface area contributed by atoms with Gasteiger partial charge < -0.3 is 9.47 Å². The zero-order valence-electron chi connectivity index (χ0n) is 10.9. The van der Waals surface area contributed by atoms with Crippen molar-refractivity contribution in [3.63, 3.8) is 0 Å². The summed E-state index contributed by atoms with van der Waals surface area (Å²) < 4.78 is 21.8. The van der Waals surface area contributed by atoms with Crippen molar-refractivity contribution < 1.29 is 14.0 Å². The van der Waals surface area contributed by atoms with Gasteiger partial charge in [0.15, 0.2) is 0 Å². The van der Waals surface area contributed by atoms with Crippen molar-refractivity contribution in [2.24, 2.45) is 0 Å². The summed E-state index contributed by atoms with van der Waals surface area (Å²) >= 11 is 0. The molecule has 0 aromatic heterocycles. The lowest BCUT2D eigenvalue weighted by Gasteiger charge is -2.07. The second-order valence-electron chi connectivity index (χ2n) is 4.10. The first-order valence-electron chi connectivity index (χ1n) is 5.94. The van der Waals surface area contributed by atoms with Crippen LogP contribution < -0.4 is 9.47 Å². The van der Waals surface area contributed by atoms with Gasteiger partial charge in [-0.15, -0.1) is 0 Å². The molecule has 0 aliphatic carbocycles. The molecule has 19 heavy (non-hydrogen) atoms. The Morgan fingerprint density at radius 1 is 0.789 bits per heavy atom. The first-order valence-corrected chi connectivity index (χ1v) is 6.92. The van der Waals surface area contributed by atoms with Crippen molar-refractivity contribution in [2.75, 3.05) is 14.2 Å². The molecular formula is C15H16O3P+. The molecule has 2 rings (SSSR count). The first-order chi connectivity index (χ1) is 9.28. The topological polar surface area (TPSA) is 35.5 Å². The molecule has 0 saturated carbocycles. The summed E-state index contributed by atoms with van der Waals surface area (Å²) in [6.07, 6.45) is 0. The molecule has 3 nitrogen and oxygen atoms in total. The van der Waals surface area contributed by atoms with Crippen LogP contribution in [0.25, 0.3) is 0 Å². The van der Waals surface area contributed by atoms with E-state index in [1.807, 2.05) is 48.5 Å². The van der Waals surface area contributed by atoms with Crippen molar-refractivity contribution in [3.8, 4) is 11.5 Å². The van der Waals surface area contributed by atoms with Gasteiger partial charge in [0.1, 0.15) is 11.5 Å². The van der Waals surface area contributed by atoms with Gasteiger partial charge in [0.05, 0.1) is 14.2 Å². The van der Waals surface area contributed by atoms with Crippen LogP contribution >= 0.6 is 8.46 Å². The minimum atomic E-state index is -0.433. The number of benzene rings is 2. The molecule has 0 radical (unpaired) electrons. The largest absolute Gasteiger partial charge is 0.497 e. The van der Waals surface area contributed by atoms with Gasteiger partial charge in [0.2, 0.25) is 5.66 Å². The monoisotopic (exact) mass is 275 g/mol. The smallest absolute Gasteiger partial charge is 0.337 e. The van der Waals surface area contributed by atoms with Gasteiger partial charge >= 0.3 is 8.46 Å². The van der Waals surface area contributed by atoms with Crippen molar-refractivity contribution in [2.45, 2.75) is 5.66 Å². The third-order valence-electron chi connectivity index (χ3n) is 3.02. The summed E-state index contributed by atoms with van der Waals surface area (Å²) in [5.74, 6) is 1.60. The Morgan fingerprint density at radius 3 is 1.42 bits per heavy atom. The maximum atomic E-state index is 11.5. The predicted molar refractivity (Wildman–Crippen MR) is 76.8 cm³/mol. The zero-order chi connectivity index (χ0) is 13.7. The molecule has 0 amide bonds. The highest BCUT2D eigenvalue weighted by molar-refractivity contribution is 7.24. The van der Waals surface area contributed by atoms with E-state index in [-0.39, 0.29) is 5.66 Å². The van der Waals surface area contributed by atoms with Crippen molar-refractivity contribution >= 4 is 8.46 Å². The average molecular weight is 275 g/mol. The van der Waals surface area contributed by atoms with E-state index in [1.54, 1.807) is 14.2 Å². The maximum Gasteiger partial charge on any atom is 0.337 e. The fraction of sp³-hybridized carbons (Fsp3) is 0.200. The van der Waals surface area contributed by atoms with E-state index in [1.165, 1.54) is 0 Å². The van der Waals surface area contributed by atoms with Gasteiger partial charge in [-0.2, -0.15) is 0 Å². The van der Waals surface area contributed by atoms with Crippen molar-refractivity contribution in [1.82, 2.24) is 0 Å². The summed E-state index contributed by atoms with van der Waals surface area (Å²) in [6, 6.07) is 15.3. The standard InChI is InChI=1S/C15H15O3P/c1-17-13-7-3-11(4-8-13)15(19-16)12-5-9-14(18-2)10-6-12/h3-10,15H,1-2H3/p+1. The van der Waals surface area contributed by atoms with Gasteiger partial charge in [-0.25, -0.2) is 0 Å². The van der Waals surface area contributed by atoms with E-state index in [0.29, 0.717) is 0 Å². The van der Waals surface area contributed by atoms with E-state index in [2.05, 4.69) is 0 Å². The lowest BCUT2D eigenvalue weighted by atomic mass is 10.0. The van der Waals surface area contributed by atoms with E-state index in [0.717, 1.165) is 22.6 Å². The molecule has 98 valence electrons. The third-order valence-corrected chi connectivity index (χ3v) is 3.92. The Labute approximate surface area is 114 Å². The van der Waals surface area contributed by atoms with Crippen LogP contribution in [0.5, 0.6) is 11.5 Å². The molecule has 1 unspecified atom stereocenters. The maximum absolute atomic E-state index is 11.5. The zero-order valence-corrected chi connectivity index (χ0v) is 11.9. The predicted octanol–water partition coefficient (Wildman–Crippen LogP) is 3.82. The van der Waals surface area contributed by atoms with Crippen LogP contribution in [0, 0.1) is 0 Å². The molecule has 0 saturated heterocycles. The number of hydrogen-bond acceptors (Lipinski definition) is 3. The Morgan fingerprint density at radius 2 is 1.16 bits per heavy atom. The van der Waals surface area contributed by atoms with Crippen LogP contribution in [0.15, 0.2) is 48.5 Å².